The van der Waals surface area contributed by atoms with Crippen molar-refractivity contribution in [3.63, 3.8) is 0 Å². The highest BCUT2D eigenvalue weighted by atomic mass is 35.5. The van der Waals surface area contributed by atoms with Crippen LogP contribution in [0.5, 0.6) is 0 Å². The summed E-state index contributed by atoms with van der Waals surface area (Å²) < 4.78 is 13.4. The second-order valence-corrected chi connectivity index (χ2v) is 5.49. The van der Waals surface area contributed by atoms with E-state index in [0.29, 0.717) is 34.3 Å². The molecule has 0 heterocycles. The van der Waals surface area contributed by atoms with Crippen molar-refractivity contribution in [2.75, 3.05) is 18.4 Å². The summed E-state index contributed by atoms with van der Waals surface area (Å²) in [6.45, 7) is 0.484. The maximum atomic E-state index is 13.4. The van der Waals surface area contributed by atoms with Crippen LogP contribution in [0.2, 0.25) is 10.0 Å². The molecule has 3 nitrogen and oxygen atoms in total. The van der Waals surface area contributed by atoms with Gasteiger partial charge in [0.1, 0.15) is 5.82 Å². The first-order valence-electron chi connectivity index (χ1n) is 6.75. The third kappa shape index (κ3) is 4.90. The molecule has 0 fully saturated rings. The molecule has 116 valence electrons. The number of benzene rings is 2. The maximum Gasteiger partial charge on any atom is 0.239 e. The molecular formula is C16H15Cl2FN2O. The summed E-state index contributed by atoms with van der Waals surface area (Å²) in [6, 6.07) is 11.6. The van der Waals surface area contributed by atoms with Gasteiger partial charge in [0.05, 0.1) is 16.6 Å². The zero-order chi connectivity index (χ0) is 15.9. The minimum absolute atomic E-state index is 0.106. The summed E-state index contributed by atoms with van der Waals surface area (Å²) >= 11 is 11.7. The minimum Gasteiger partial charge on any atom is -0.376 e. The van der Waals surface area contributed by atoms with Crippen LogP contribution in [0.3, 0.4) is 0 Å². The summed E-state index contributed by atoms with van der Waals surface area (Å²) in [7, 11) is 0. The van der Waals surface area contributed by atoms with E-state index in [-0.39, 0.29) is 18.3 Å². The van der Waals surface area contributed by atoms with E-state index < -0.39 is 0 Å². The van der Waals surface area contributed by atoms with Gasteiger partial charge in [-0.25, -0.2) is 4.39 Å². The average Bonchev–Trinajstić information content (AvgIpc) is 2.50. The SMILES string of the molecule is O=C(CNc1ccc(Cl)c(Cl)c1)NCCc1ccccc1F. The fraction of sp³-hybridized carbons (Fsp3) is 0.188. The molecule has 22 heavy (non-hydrogen) atoms. The molecule has 0 aliphatic heterocycles. The summed E-state index contributed by atoms with van der Waals surface area (Å²) in [6.07, 6.45) is 0.450. The second kappa shape index (κ2) is 8.01. The fourth-order valence-electron chi connectivity index (χ4n) is 1.89. The Hall–Kier alpha value is -1.78. The molecule has 0 unspecified atom stereocenters. The number of carbonyl (C=O) groups is 1. The molecule has 0 radical (unpaired) electrons. The largest absolute Gasteiger partial charge is 0.376 e. The van der Waals surface area contributed by atoms with Crippen molar-refractivity contribution >= 4 is 34.8 Å². The molecule has 2 N–H and O–H groups in total. The van der Waals surface area contributed by atoms with Crippen molar-refractivity contribution < 1.29 is 9.18 Å². The van der Waals surface area contributed by atoms with Crippen LogP contribution in [0.15, 0.2) is 42.5 Å². The lowest BCUT2D eigenvalue weighted by atomic mass is 10.1. The van der Waals surface area contributed by atoms with E-state index in [1.165, 1.54) is 6.07 Å². The highest BCUT2D eigenvalue weighted by molar-refractivity contribution is 6.42. The maximum absolute atomic E-state index is 13.4. The van der Waals surface area contributed by atoms with E-state index >= 15 is 0 Å². The Bertz CT molecular complexity index is 664. The standard InChI is InChI=1S/C16H15Cl2FN2O/c17-13-6-5-12(9-14(13)18)21-10-16(22)20-8-7-11-3-1-2-4-15(11)19/h1-6,9,21H,7-8,10H2,(H,20,22). The highest BCUT2D eigenvalue weighted by Crippen LogP contribution is 2.24. The quantitative estimate of drug-likeness (QED) is 0.837. The fourth-order valence-corrected chi connectivity index (χ4v) is 2.19. The Morgan fingerprint density at radius 1 is 1.09 bits per heavy atom. The number of halogens is 3. The van der Waals surface area contributed by atoms with Crippen LogP contribution in [0.25, 0.3) is 0 Å². The number of nitrogens with one attached hydrogen (secondary N) is 2. The van der Waals surface area contributed by atoms with E-state index in [9.17, 15) is 9.18 Å². The number of anilines is 1. The molecule has 0 saturated carbocycles. The smallest absolute Gasteiger partial charge is 0.239 e. The molecule has 0 spiro atoms. The van der Waals surface area contributed by atoms with Crippen molar-refractivity contribution in [3.05, 3.63) is 63.9 Å². The molecule has 2 aromatic carbocycles. The Labute approximate surface area is 138 Å². The van der Waals surface area contributed by atoms with Gasteiger partial charge in [-0.15, -0.1) is 0 Å². The van der Waals surface area contributed by atoms with Crippen LogP contribution >= 0.6 is 23.2 Å². The molecule has 0 aliphatic rings. The van der Waals surface area contributed by atoms with Crippen LogP contribution < -0.4 is 10.6 Å². The third-order valence-corrected chi connectivity index (χ3v) is 3.79. The Morgan fingerprint density at radius 3 is 2.59 bits per heavy atom. The zero-order valence-electron chi connectivity index (χ0n) is 11.7. The van der Waals surface area contributed by atoms with Gasteiger partial charge in [0.15, 0.2) is 0 Å². The topological polar surface area (TPSA) is 41.1 Å². The van der Waals surface area contributed by atoms with Gasteiger partial charge >= 0.3 is 0 Å². The lowest BCUT2D eigenvalue weighted by molar-refractivity contribution is -0.119. The lowest BCUT2D eigenvalue weighted by Gasteiger charge is -2.09. The minimum atomic E-state index is -0.259. The van der Waals surface area contributed by atoms with Crippen LogP contribution in [0.1, 0.15) is 5.56 Å². The van der Waals surface area contributed by atoms with Gasteiger partial charge < -0.3 is 10.6 Å². The van der Waals surface area contributed by atoms with E-state index in [1.54, 1.807) is 36.4 Å². The summed E-state index contributed by atoms with van der Waals surface area (Å²) in [5, 5.41) is 6.55. The average molecular weight is 341 g/mol. The Balaban J connectivity index is 1.74. The van der Waals surface area contributed by atoms with Gasteiger partial charge in [0.25, 0.3) is 0 Å². The van der Waals surface area contributed by atoms with Gasteiger partial charge in [0.2, 0.25) is 5.91 Å². The second-order valence-electron chi connectivity index (χ2n) is 4.67. The summed E-state index contributed by atoms with van der Waals surface area (Å²) in [5.41, 5.74) is 1.29. The van der Waals surface area contributed by atoms with Gasteiger partial charge in [-0.05, 0) is 36.2 Å². The molecule has 0 bridgehead atoms. The number of hydrogen-bond donors (Lipinski definition) is 2. The van der Waals surface area contributed by atoms with Crippen molar-refractivity contribution in [1.82, 2.24) is 5.32 Å². The number of hydrogen-bond acceptors (Lipinski definition) is 2. The zero-order valence-corrected chi connectivity index (χ0v) is 13.2. The van der Waals surface area contributed by atoms with Crippen LogP contribution in [-0.4, -0.2) is 19.0 Å². The molecule has 6 heteroatoms. The van der Waals surface area contributed by atoms with Crippen molar-refractivity contribution in [1.29, 1.82) is 0 Å². The number of carbonyl (C=O) groups excluding carboxylic acids is 1. The van der Waals surface area contributed by atoms with Gasteiger partial charge in [-0.3, -0.25) is 4.79 Å². The number of amides is 1. The van der Waals surface area contributed by atoms with Crippen LogP contribution in [0, 0.1) is 5.82 Å². The summed E-state index contributed by atoms with van der Waals surface area (Å²) in [5.74, 6) is -0.437. The van der Waals surface area contributed by atoms with E-state index in [1.807, 2.05) is 0 Å². The normalized spacial score (nSPS) is 10.3. The molecule has 0 atom stereocenters. The first-order valence-corrected chi connectivity index (χ1v) is 7.51. The molecule has 2 aromatic rings. The number of rotatable bonds is 6. The van der Waals surface area contributed by atoms with Gasteiger partial charge in [0, 0.05) is 12.2 Å². The van der Waals surface area contributed by atoms with Gasteiger partial charge in [-0.1, -0.05) is 41.4 Å². The molecule has 0 aromatic heterocycles. The third-order valence-electron chi connectivity index (χ3n) is 3.05. The van der Waals surface area contributed by atoms with E-state index in [0.717, 1.165) is 0 Å². The van der Waals surface area contributed by atoms with E-state index in [2.05, 4.69) is 10.6 Å². The summed E-state index contributed by atoms with van der Waals surface area (Å²) in [4.78, 5) is 11.7. The molecular weight excluding hydrogens is 326 g/mol. The van der Waals surface area contributed by atoms with Crippen molar-refractivity contribution in [2.24, 2.45) is 0 Å². The van der Waals surface area contributed by atoms with Crippen molar-refractivity contribution in [2.45, 2.75) is 6.42 Å². The highest BCUT2D eigenvalue weighted by Gasteiger charge is 2.04. The lowest BCUT2D eigenvalue weighted by Crippen LogP contribution is -2.31. The Kier molecular flexibility index (Phi) is 6.04. The molecule has 0 saturated heterocycles. The van der Waals surface area contributed by atoms with Crippen LogP contribution in [-0.2, 0) is 11.2 Å². The van der Waals surface area contributed by atoms with Crippen molar-refractivity contribution in [3.8, 4) is 0 Å². The first kappa shape index (κ1) is 16.6. The van der Waals surface area contributed by atoms with Gasteiger partial charge in [-0.2, -0.15) is 0 Å². The molecule has 1 amide bonds. The predicted octanol–water partition coefficient (Wildman–Crippen LogP) is 3.90. The Morgan fingerprint density at radius 2 is 1.86 bits per heavy atom. The monoisotopic (exact) mass is 340 g/mol. The predicted molar refractivity (Wildman–Crippen MR) is 88.1 cm³/mol. The van der Waals surface area contributed by atoms with E-state index in [4.69, 9.17) is 23.2 Å². The molecule has 2 rings (SSSR count). The van der Waals surface area contributed by atoms with Crippen LogP contribution in [0.4, 0.5) is 10.1 Å². The molecule has 0 aliphatic carbocycles. The first-order chi connectivity index (χ1) is 10.6.